The minimum absolute atomic E-state index is 0.0518. The molecule has 190 valence electrons. The topological polar surface area (TPSA) is 142 Å². The first-order valence-corrected chi connectivity index (χ1v) is 12.3. The standard InChI is InChI=1S/C27H35N7O2/c1-27(2,36)14-15-30-25-22(18-6-4-3-5-7-18)32-23(24(29)35)26(33-25)31-20-8-10-21(11-9-20)34-16-12-19(28)13-17-34/h3-11,19,36H,12-17,28H2,1-2H3,(H2,29,35)(H2,30,31,33). The highest BCUT2D eigenvalue weighted by Crippen LogP contribution is 2.30. The Morgan fingerprint density at radius 3 is 2.33 bits per heavy atom. The second kappa shape index (κ2) is 10.9. The number of nitrogens with two attached hydrogens (primary N) is 2. The summed E-state index contributed by atoms with van der Waals surface area (Å²) in [4.78, 5) is 24.0. The van der Waals surface area contributed by atoms with Crippen molar-refractivity contribution in [2.24, 2.45) is 11.5 Å². The van der Waals surface area contributed by atoms with Crippen molar-refractivity contribution in [1.82, 2.24) is 9.97 Å². The predicted octanol–water partition coefficient (Wildman–Crippen LogP) is 3.49. The highest BCUT2D eigenvalue weighted by molar-refractivity contribution is 5.97. The van der Waals surface area contributed by atoms with Gasteiger partial charge in [0.05, 0.1) is 5.60 Å². The molecule has 0 saturated carbocycles. The lowest BCUT2D eigenvalue weighted by atomic mass is 10.1. The van der Waals surface area contributed by atoms with Gasteiger partial charge in [0.15, 0.2) is 17.3 Å². The number of piperidine rings is 1. The van der Waals surface area contributed by atoms with E-state index in [2.05, 4.69) is 20.5 Å². The number of carbonyl (C=O) groups excluding carboxylic acids is 1. The van der Waals surface area contributed by atoms with Gasteiger partial charge >= 0.3 is 0 Å². The van der Waals surface area contributed by atoms with Crippen molar-refractivity contribution in [2.75, 3.05) is 35.2 Å². The van der Waals surface area contributed by atoms with E-state index in [0.29, 0.717) is 24.5 Å². The third kappa shape index (κ3) is 6.50. The second-order valence-corrected chi connectivity index (χ2v) is 9.83. The Balaban J connectivity index is 1.62. The molecule has 0 bridgehead atoms. The van der Waals surface area contributed by atoms with Gasteiger partial charge in [-0.05, 0) is 57.4 Å². The molecule has 1 amide bonds. The molecule has 2 aromatic carbocycles. The van der Waals surface area contributed by atoms with Crippen LogP contribution in [0.1, 0.15) is 43.6 Å². The summed E-state index contributed by atoms with van der Waals surface area (Å²) in [5.74, 6) is 0.0929. The number of anilines is 4. The largest absolute Gasteiger partial charge is 0.390 e. The Kier molecular flexibility index (Phi) is 7.71. The number of benzene rings is 2. The first kappa shape index (κ1) is 25.4. The molecule has 7 N–H and O–H groups in total. The normalized spacial score (nSPS) is 14.5. The summed E-state index contributed by atoms with van der Waals surface area (Å²) in [7, 11) is 0. The molecule has 0 radical (unpaired) electrons. The Bertz CT molecular complexity index is 1170. The molecule has 3 aromatic rings. The molecule has 9 nitrogen and oxygen atoms in total. The van der Waals surface area contributed by atoms with Crippen LogP contribution in [0.15, 0.2) is 54.6 Å². The van der Waals surface area contributed by atoms with E-state index in [1.54, 1.807) is 13.8 Å². The predicted molar refractivity (Wildman–Crippen MR) is 145 cm³/mol. The Hall–Kier alpha value is -3.69. The van der Waals surface area contributed by atoms with Crippen molar-refractivity contribution in [3.05, 3.63) is 60.3 Å². The summed E-state index contributed by atoms with van der Waals surface area (Å²) in [6.07, 6.45) is 2.47. The summed E-state index contributed by atoms with van der Waals surface area (Å²) < 4.78 is 0. The van der Waals surface area contributed by atoms with Gasteiger partial charge in [0.1, 0.15) is 5.69 Å². The van der Waals surface area contributed by atoms with Crippen molar-refractivity contribution < 1.29 is 9.90 Å². The number of rotatable bonds is 9. The van der Waals surface area contributed by atoms with E-state index >= 15 is 0 Å². The molecule has 1 aromatic heterocycles. The lowest BCUT2D eigenvalue weighted by Gasteiger charge is -2.32. The lowest BCUT2D eigenvalue weighted by molar-refractivity contribution is 0.0748. The van der Waals surface area contributed by atoms with E-state index in [9.17, 15) is 9.90 Å². The van der Waals surface area contributed by atoms with Gasteiger partial charge in [-0.1, -0.05) is 30.3 Å². The molecule has 1 saturated heterocycles. The van der Waals surface area contributed by atoms with Crippen LogP contribution in [0.25, 0.3) is 11.3 Å². The maximum atomic E-state index is 12.3. The number of nitrogens with zero attached hydrogens (tertiary/aromatic N) is 3. The maximum Gasteiger partial charge on any atom is 0.271 e. The van der Waals surface area contributed by atoms with Crippen LogP contribution in [0.2, 0.25) is 0 Å². The summed E-state index contributed by atoms with van der Waals surface area (Å²) in [6.45, 7) is 5.85. The Labute approximate surface area is 211 Å². The van der Waals surface area contributed by atoms with Crippen LogP contribution in [0.5, 0.6) is 0 Å². The molecule has 1 fully saturated rings. The molecule has 2 heterocycles. The van der Waals surface area contributed by atoms with Crippen LogP contribution in [0, 0.1) is 0 Å². The third-order valence-electron chi connectivity index (χ3n) is 6.24. The first-order valence-electron chi connectivity index (χ1n) is 12.3. The monoisotopic (exact) mass is 489 g/mol. The number of aliphatic hydroxyl groups is 1. The molecule has 1 aliphatic rings. The van der Waals surface area contributed by atoms with E-state index in [-0.39, 0.29) is 17.6 Å². The zero-order chi connectivity index (χ0) is 25.7. The van der Waals surface area contributed by atoms with Gasteiger partial charge < -0.3 is 32.1 Å². The third-order valence-corrected chi connectivity index (χ3v) is 6.24. The molecule has 1 aliphatic heterocycles. The lowest BCUT2D eigenvalue weighted by Crippen LogP contribution is -2.39. The van der Waals surface area contributed by atoms with Crippen molar-refractivity contribution in [2.45, 2.75) is 44.8 Å². The van der Waals surface area contributed by atoms with Gasteiger partial charge in [0.25, 0.3) is 5.91 Å². The fraction of sp³-hybridized carbons (Fsp3) is 0.370. The average Bonchev–Trinajstić information content (AvgIpc) is 2.85. The van der Waals surface area contributed by atoms with Crippen LogP contribution in [0.3, 0.4) is 0 Å². The highest BCUT2D eigenvalue weighted by Gasteiger charge is 2.21. The van der Waals surface area contributed by atoms with Crippen LogP contribution in [-0.2, 0) is 0 Å². The van der Waals surface area contributed by atoms with Gasteiger partial charge in [-0.25, -0.2) is 9.97 Å². The zero-order valence-corrected chi connectivity index (χ0v) is 20.9. The molecular weight excluding hydrogens is 454 g/mol. The van der Waals surface area contributed by atoms with Crippen molar-refractivity contribution in [3.8, 4) is 11.3 Å². The molecule has 4 rings (SSSR count). The van der Waals surface area contributed by atoms with Gasteiger partial charge in [-0.2, -0.15) is 0 Å². The van der Waals surface area contributed by atoms with Crippen molar-refractivity contribution in [1.29, 1.82) is 0 Å². The quantitative estimate of drug-likeness (QED) is 0.307. The number of amides is 1. The van der Waals surface area contributed by atoms with Gasteiger partial charge in [-0.15, -0.1) is 0 Å². The number of hydrogen-bond donors (Lipinski definition) is 5. The fourth-order valence-electron chi connectivity index (χ4n) is 4.15. The van der Waals surface area contributed by atoms with E-state index in [4.69, 9.17) is 16.5 Å². The second-order valence-electron chi connectivity index (χ2n) is 9.83. The summed E-state index contributed by atoms with van der Waals surface area (Å²) in [5, 5.41) is 16.6. The molecule has 0 spiro atoms. The van der Waals surface area contributed by atoms with Crippen LogP contribution in [0.4, 0.5) is 23.0 Å². The number of nitrogens with one attached hydrogen (secondary N) is 2. The molecule has 0 atom stereocenters. The molecule has 0 aliphatic carbocycles. The van der Waals surface area contributed by atoms with E-state index < -0.39 is 11.5 Å². The van der Waals surface area contributed by atoms with Crippen LogP contribution in [-0.4, -0.2) is 52.3 Å². The molecule has 36 heavy (non-hydrogen) atoms. The van der Waals surface area contributed by atoms with E-state index in [1.807, 2.05) is 54.6 Å². The van der Waals surface area contributed by atoms with E-state index in [1.165, 1.54) is 0 Å². The number of carbonyl (C=O) groups is 1. The van der Waals surface area contributed by atoms with Crippen LogP contribution < -0.4 is 27.0 Å². The molecular formula is C27H35N7O2. The Morgan fingerprint density at radius 2 is 1.72 bits per heavy atom. The SMILES string of the molecule is CC(C)(O)CCNc1nc(Nc2ccc(N3CCC(N)CC3)cc2)c(C(N)=O)nc1-c1ccccc1. The van der Waals surface area contributed by atoms with Crippen LogP contribution >= 0.6 is 0 Å². The molecule has 0 unspecified atom stereocenters. The maximum absolute atomic E-state index is 12.3. The fourth-order valence-corrected chi connectivity index (χ4v) is 4.15. The average molecular weight is 490 g/mol. The van der Waals surface area contributed by atoms with E-state index in [0.717, 1.165) is 42.9 Å². The van der Waals surface area contributed by atoms with Gasteiger partial charge in [-0.3, -0.25) is 4.79 Å². The summed E-state index contributed by atoms with van der Waals surface area (Å²) in [6, 6.07) is 17.7. The first-order chi connectivity index (χ1) is 17.2. The number of aromatic nitrogens is 2. The van der Waals surface area contributed by atoms with Gasteiger partial charge in [0, 0.05) is 42.6 Å². The number of hydrogen-bond acceptors (Lipinski definition) is 8. The minimum atomic E-state index is -0.831. The van der Waals surface area contributed by atoms with Gasteiger partial charge in [0.2, 0.25) is 0 Å². The molecule has 9 heteroatoms. The minimum Gasteiger partial charge on any atom is -0.390 e. The highest BCUT2D eigenvalue weighted by atomic mass is 16.3. The Morgan fingerprint density at radius 1 is 1.06 bits per heavy atom. The summed E-state index contributed by atoms with van der Waals surface area (Å²) >= 11 is 0. The van der Waals surface area contributed by atoms with Crippen molar-refractivity contribution >= 4 is 28.9 Å². The summed E-state index contributed by atoms with van der Waals surface area (Å²) in [5.41, 5.74) is 14.2. The zero-order valence-electron chi connectivity index (χ0n) is 20.9. The van der Waals surface area contributed by atoms with Crippen molar-refractivity contribution in [3.63, 3.8) is 0 Å². The number of primary amides is 1. The smallest absolute Gasteiger partial charge is 0.271 e.